The minimum absolute atomic E-state index is 0. The summed E-state index contributed by atoms with van der Waals surface area (Å²) >= 11 is 1.63. The lowest BCUT2D eigenvalue weighted by atomic mass is 10.3. The van der Waals surface area contributed by atoms with Gasteiger partial charge in [0.05, 0.1) is 13.5 Å². The fourth-order valence-corrected chi connectivity index (χ4v) is 3.05. The van der Waals surface area contributed by atoms with Gasteiger partial charge in [-0.2, -0.15) is 0 Å². The second-order valence-electron chi connectivity index (χ2n) is 4.21. The fourth-order valence-electron chi connectivity index (χ4n) is 2.07. The zero-order chi connectivity index (χ0) is 13.0. The summed E-state index contributed by atoms with van der Waals surface area (Å²) in [5.41, 5.74) is 0. The molecule has 0 aliphatic carbocycles. The number of esters is 1. The first-order valence-electron chi connectivity index (χ1n) is 6.05. The first-order valence-corrected chi connectivity index (χ1v) is 6.87. The third-order valence-corrected chi connectivity index (χ3v) is 4.15. The second kappa shape index (κ2) is 7.67. The highest BCUT2D eigenvalue weighted by Crippen LogP contribution is 2.30. The van der Waals surface area contributed by atoms with Crippen molar-refractivity contribution in [2.45, 2.75) is 31.9 Å². The van der Waals surface area contributed by atoms with Crippen LogP contribution in [0.2, 0.25) is 0 Å². The van der Waals surface area contributed by atoms with Gasteiger partial charge in [-0.25, -0.2) is 4.98 Å². The van der Waals surface area contributed by atoms with Gasteiger partial charge in [-0.3, -0.25) is 4.79 Å². The summed E-state index contributed by atoms with van der Waals surface area (Å²) in [5.74, 6) is -0.180. The number of halogens is 1. The Balaban J connectivity index is 0.00000180. The molecule has 108 valence electrons. The van der Waals surface area contributed by atoms with Gasteiger partial charge in [-0.15, -0.1) is 23.7 Å². The van der Waals surface area contributed by atoms with E-state index >= 15 is 0 Å². The Hall–Kier alpha value is -0.850. The average molecular weight is 307 g/mol. The highest BCUT2D eigenvalue weighted by Gasteiger charge is 2.26. The van der Waals surface area contributed by atoms with E-state index in [9.17, 15) is 4.79 Å². The molecule has 0 radical (unpaired) electrons. The van der Waals surface area contributed by atoms with Gasteiger partial charge in [0.15, 0.2) is 5.13 Å². The number of ether oxygens (including phenoxy) is 2. The number of anilines is 1. The van der Waals surface area contributed by atoms with E-state index in [1.54, 1.807) is 18.4 Å². The Labute approximate surface area is 123 Å². The monoisotopic (exact) mass is 306 g/mol. The highest BCUT2D eigenvalue weighted by molar-refractivity contribution is 7.15. The molecule has 1 atom stereocenters. The van der Waals surface area contributed by atoms with Gasteiger partial charge >= 0.3 is 5.97 Å². The second-order valence-corrected chi connectivity index (χ2v) is 5.30. The number of thiazole rings is 1. The molecule has 1 aliphatic heterocycles. The molecule has 0 unspecified atom stereocenters. The average Bonchev–Trinajstić information content (AvgIpc) is 3.03. The summed E-state index contributed by atoms with van der Waals surface area (Å²) in [6, 6.07) is 0. The Morgan fingerprint density at radius 2 is 2.37 bits per heavy atom. The van der Waals surface area contributed by atoms with Crippen molar-refractivity contribution >= 4 is 34.8 Å². The topological polar surface area (TPSA) is 51.7 Å². The summed E-state index contributed by atoms with van der Waals surface area (Å²) in [4.78, 5) is 18.8. The van der Waals surface area contributed by atoms with Gasteiger partial charge in [-0.05, 0) is 19.3 Å². The molecule has 1 aliphatic rings. The van der Waals surface area contributed by atoms with Crippen LogP contribution in [0.15, 0.2) is 6.20 Å². The van der Waals surface area contributed by atoms with Gasteiger partial charge in [0, 0.05) is 24.7 Å². The van der Waals surface area contributed by atoms with Crippen molar-refractivity contribution in [2.24, 2.45) is 0 Å². The van der Waals surface area contributed by atoms with Crippen molar-refractivity contribution in [2.75, 3.05) is 25.7 Å². The van der Waals surface area contributed by atoms with Crippen molar-refractivity contribution in [1.82, 2.24) is 4.98 Å². The quantitative estimate of drug-likeness (QED) is 0.781. The van der Waals surface area contributed by atoms with Crippen molar-refractivity contribution in [3.63, 3.8) is 0 Å². The molecule has 7 heteroatoms. The van der Waals surface area contributed by atoms with E-state index in [0.29, 0.717) is 12.8 Å². The van der Waals surface area contributed by atoms with Crippen molar-refractivity contribution in [3.8, 4) is 0 Å². The van der Waals surface area contributed by atoms with Crippen LogP contribution < -0.4 is 4.90 Å². The fraction of sp³-hybridized carbons (Fsp3) is 0.667. The molecule has 1 aromatic heterocycles. The lowest BCUT2D eigenvalue weighted by Crippen LogP contribution is -2.30. The zero-order valence-corrected chi connectivity index (χ0v) is 12.8. The highest BCUT2D eigenvalue weighted by atomic mass is 35.5. The maximum absolute atomic E-state index is 11.1. The molecule has 1 aromatic rings. The smallest absolute Gasteiger partial charge is 0.305 e. The normalized spacial score (nSPS) is 18.2. The number of aromatic nitrogens is 1. The van der Waals surface area contributed by atoms with E-state index in [1.165, 1.54) is 7.11 Å². The van der Waals surface area contributed by atoms with Crippen LogP contribution >= 0.6 is 23.7 Å². The number of carbonyl (C=O) groups is 1. The van der Waals surface area contributed by atoms with Crippen LogP contribution in [-0.4, -0.2) is 37.9 Å². The Morgan fingerprint density at radius 3 is 3.05 bits per heavy atom. The van der Waals surface area contributed by atoms with Crippen LogP contribution in [0, 0.1) is 0 Å². The molecule has 0 spiro atoms. The van der Waals surface area contributed by atoms with Gasteiger partial charge in [-0.1, -0.05) is 0 Å². The molecule has 2 rings (SSSR count). The molecular formula is C12H19ClN2O3S. The molecule has 0 bridgehead atoms. The van der Waals surface area contributed by atoms with Gasteiger partial charge < -0.3 is 14.4 Å². The van der Waals surface area contributed by atoms with Crippen LogP contribution in [0.25, 0.3) is 0 Å². The van der Waals surface area contributed by atoms with E-state index in [0.717, 1.165) is 29.4 Å². The number of carbonyl (C=O) groups excluding carboxylic acids is 1. The van der Waals surface area contributed by atoms with E-state index in [-0.39, 0.29) is 24.6 Å². The molecule has 0 saturated carbocycles. The molecule has 1 fully saturated rings. The summed E-state index contributed by atoms with van der Waals surface area (Å²) in [6.45, 7) is 0.989. The summed E-state index contributed by atoms with van der Waals surface area (Å²) in [7, 11) is 3.14. The summed E-state index contributed by atoms with van der Waals surface area (Å²) in [5, 5.41) is 0.985. The first kappa shape index (κ1) is 16.2. The van der Waals surface area contributed by atoms with Crippen molar-refractivity contribution in [1.29, 1.82) is 0 Å². The number of hydrogen-bond donors (Lipinski definition) is 0. The first-order chi connectivity index (χ1) is 8.74. The summed E-state index contributed by atoms with van der Waals surface area (Å²) in [6.07, 6.45) is 5.27. The number of hydrogen-bond acceptors (Lipinski definition) is 6. The van der Waals surface area contributed by atoms with Crippen LogP contribution in [-0.2, 0) is 20.7 Å². The number of methoxy groups -OCH3 is 2. The number of nitrogens with zero attached hydrogens (tertiary/aromatic N) is 2. The maximum atomic E-state index is 11.1. The van der Waals surface area contributed by atoms with Crippen LogP contribution in [0.4, 0.5) is 5.13 Å². The van der Waals surface area contributed by atoms with E-state index in [1.807, 2.05) is 6.20 Å². The molecule has 1 saturated heterocycles. The summed E-state index contributed by atoms with van der Waals surface area (Å²) < 4.78 is 10.0. The third-order valence-electron chi connectivity index (χ3n) is 3.06. The standard InChI is InChI=1S/C12H18N2O3S.ClH/c1-16-10-4-3-7-14(10)12-13-8-9(18-12)5-6-11(15)17-2;/h8,10H,3-7H2,1-2H3;1H/t10-;/m0./s1. The zero-order valence-electron chi connectivity index (χ0n) is 11.1. The third kappa shape index (κ3) is 4.06. The SMILES string of the molecule is COC(=O)CCc1cnc(N2CCC[C@@H]2OC)s1.Cl. The molecule has 2 heterocycles. The maximum Gasteiger partial charge on any atom is 0.305 e. The van der Waals surface area contributed by atoms with Crippen LogP contribution in [0.5, 0.6) is 0 Å². The minimum atomic E-state index is -0.180. The molecule has 0 amide bonds. The Bertz CT molecular complexity index is 413. The molecule has 0 aromatic carbocycles. The van der Waals surface area contributed by atoms with Crippen LogP contribution in [0.1, 0.15) is 24.1 Å². The molecule has 0 N–H and O–H groups in total. The number of rotatable bonds is 5. The van der Waals surface area contributed by atoms with Gasteiger partial charge in [0.25, 0.3) is 0 Å². The molecule has 19 heavy (non-hydrogen) atoms. The predicted molar refractivity (Wildman–Crippen MR) is 77.1 cm³/mol. The van der Waals surface area contributed by atoms with Crippen LogP contribution in [0.3, 0.4) is 0 Å². The van der Waals surface area contributed by atoms with Crippen molar-refractivity contribution in [3.05, 3.63) is 11.1 Å². The largest absolute Gasteiger partial charge is 0.469 e. The lowest BCUT2D eigenvalue weighted by Gasteiger charge is -2.22. The lowest BCUT2D eigenvalue weighted by molar-refractivity contribution is -0.140. The predicted octanol–water partition coefficient (Wildman–Crippen LogP) is 2.24. The molecular weight excluding hydrogens is 288 g/mol. The Morgan fingerprint density at radius 1 is 1.58 bits per heavy atom. The molecule has 5 nitrogen and oxygen atoms in total. The van der Waals surface area contributed by atoms with Crippen molar-refractivity contribution < 1.29 is 14.3 Å². The van der Waals surface area contributed by atoms with E-state index in [4.69, 9.17) is 4.74 Å². The Kier molecular flexibility index (Phi) is 6.54. The number of aryl methyl sites for hydroxylation is 1. The van der Waals surface area contributed by atoms with E-state index < -0.39 is 0 Å². The van der Waals surface area contributed by atoms with Gasteiger partial charge in [0.2, 0.25) is 0 Å². The van der Waals surface area contributed by atoms with Gasteiger partial charge in [0.1, 0.15) is 6.23 Å². The minimum Gasteiger partial charge on any atom is -0.469 e. The van der Waals surface area contributed by atoms with E-state index in [2.05, 4.69) is 14.6 Å².